The molecular weight excluding hydrogens is 661 g/mol. The molecule has 0 amide bonds. The standard InChI is InChI=1S/C48H44N6/c1-47(2,3)30-22-24-39-36(26-30)37-27-31(48(4,5)6)28-41(44(37)49-39)54-40-19-13-11-17-35(40)46(52-54)53(32-14-8-7-9-15-32)42-25-21-29-20-23-34-33-16-10-12-18-38(33)50-45(34)43(29)51-42/h7-19,21-22,24-28,49-50H,20,23H2,1-6H3. The number of hydrogen-bond donors (Lipinski definition) is 2. The number of aromatic amines is 2. The van der Waals surface area contributed by atoms with E-state index in [0.29, 0.717) is 0 Å². The summed E-state index contributed by atoms with van der Waals surface area (Å²) in [6.45, 7) is 13.7. The number of aromatic nitrogens is 5. The van der Waals surface area contributed by atoms with Crippen LogP contribution in [0.1, 0.15) is 63.8 Å². The molecule has 0 saturated carbocycles. The molecule has 2 N–H and O–H groups in total. The number of nitrogens with zero attached hydrogens (tertiary/aromatic N) is 4. The van der Waals surface area contributed by atoms with E-state index in [2.05, 4.69) is 182 Å². The van der Waals surface area contributed by atoms with E-state index in [4.69, 9.17) is 10.1 Å². The summed E-state index contributed by atoms with van der Waals surface area (Å²) in [5.74, 6) is 1.66. The Morgan fingerprint density at radius 2 is 1.31 bits per heavy atom. The first-order valence-corrected chi connectivity index (χ1v) is 19.1. The lowest BCUT2D eigenvalue weighted by Crippen LogP contribution is -2.15. The predicted molar refractivity (Wildman–Crippen MR) is 225 cm³/mol. The van der Waals surface area contributed by atoms with Gasteiger partial charge >= 0.3 is 0 Å². The zero-order valence-corrected chi connectivity index (χ0v) is 31.8. The molecule has 0 aliphatic heterocycles. The molecule has 0 radical (unpaired) electrons. The van der Waals surface area contributed by atoms with E-state index in [1.807, 2.05) is 0 Å². The molecule has 266 valence electrons. The van der Waals surface area contributed by atoms with E-state index in [9.17, 15) is 0 Å². The zero-order valence-electron chi connectivity index (χ0n) is 31.8. The Bertz CT molecular complexity index is 2910. The van der Waals surface area contributed by atoms with Crippen LogP contribution in [0.3, 0.4) is 0 Å². The number of nitrogens with one attached hydrogen (secondary N) is 2. The lowest BCUT2D eigenvalue weighted by atomic mass is 9.84. The Labute approximate surface area is 315 Å². The summed E-state index contributed by atoms with van der Waals surface area (Å²) >= 11 is 0. The van der Waals surface area contributed by atoms with Crippen molar-refractivity contribution in [1.29, 1.82) is 0 Å². The summed E-state index contributed by atoms with van der Waals surface area (Å²) < 4.78 is 2.15. The molecule has 9 aromatic rings. The summed E-state index contributed by atoms with van der Waals surface area (Å²) in [7, 11) is 0. The van der Waals surface area contributed by atoms with Gasteiger partial charge in [-0.1, -0.05) is 102 Å². The molecule has 4 aromatic heterocycles. The molecule has 6 nitrogen and oxygen atoms in total. The topological polar surface area (TPSA) is 65.5 Å². The first-order valence-electron chi connectivity index (χ1n) is 19.1. The minimum absolute atomic E-state index is 0.0386. The highest BCUT2D eigenvalue weighted by Crippen LogP contribution is 2.43. The molecule has 54 heavy (non-hydrogen) atoms. The van der Waals surface area contributed by atoms with Gasteiger partial charge in [-0.05, 0) is 107 Å². The molecule has 0 unspecified atom stereocenters. The Kier molecular flexibility index (Phi) is 7.03. The van der Waals surface area contributed by atoms with Crippen molar-refractivity contribution in [2.75, 3.05) is 4.90 Å². The minimum atomic E-state index is -0.0788. The van der Waals surface area contributed by atoms with Gasteiger partial charge in [0.2, 0.25) is 0 Å². The number of anilines is 3. The molecule has 0 spiro atoms. The number of pyridine rings is 1. The first-order chi connectivity index (χ1) is 26.0. The number of fused-ring (bicyclic) bond motifs is 9. The third kappa shape index (κ3) is 5.07. The van der Waals surface area contributed by atoms with E-state index in [0.717, 1.165) is 74.7 Å². The van der Waals surface area contributed by atoms with Crippen molar-refractivity contribution < 1.29 is 0 Å². The van der Waals surface area contributed by atoms with Crippen molar-refractivity contribution in [3.8, 4) is 17.1 Å². The van der Waals surface area contributed by atoms with Crippen LogP contribution in [0.5, 0.6) is 0 Å². The van der Waals surface area contributed by atoms with Gasteiger partial charge in [-0.25, -0.2) is 9.67 Å². The van der Waals surface area contributed by atoms with Crippen LogP contribution >= 0.6 is 0 Å². The van der Waals surface area contributed by atoms with Crippen LogP contribution in [-0.4, -0.2) is 24.7 Å². The monoisotopic (exact) mass is 704 g/mol. The highest BCUT2D eigenvalue weighted by Gasteiger charge is 2.28. The number of benzene rings is 5. The number of aryl methyl sites for hydroxylation is 2. The van der Waals surface area contributed by atoms with Gasteiger partial charge in [-0.15, -0.1) is 5.10 Å². The van der Waals surface area contributed by atoms with Gasteiger partial charge in [0, 0.05) is 38.3 Å². The van der Waals surface area contributed by atoms with Crippen molar-refractivity contribution in [2.24, 2.45) is 0 Å². The Morgan fingerprint density at radius 1 is 0.611 bits per heavy atom. The molecule has 0 fully saturated rings. The van der Waals surface area contributed by atoms with Crippen molar-refractivity contribution in [1.82, 2.24) is 24.7 Å². The smallest absolute Gasteiger partial charge is 0.169 e. The van der Waals surface area contributed by atoms with Crippen LogP contribution in [-0.2, 0) is 23.7 Å². The van der Waals surface area contributed by atoms with Crippen LogP contribution < -0.4 is 4.90 Å². The normalized spacial score (nSPS) is 13.2. The van der Waals surface area contributed by atoms with Crippen LogP contribution in [0.25, 0.3) is 60.7 Å². The summed E-state index contributed by atoms with van der Waals surface area (Å²) in [6.07, 6.45) is 1.96. The molecule has 1 aliphatic carbocycles. The zero-order chi connectivity index (χ0) is 36.9. The fourth-order valence-corrected chi connectivity index (χ4v) is 8.33. The van der Waals surface area contributed by atoms with E-state index >= 15 is 0 Å². The summed E-state index contributed by atoms with van der Waals surface area (Å²) in [4.78, 5) is 15.3. The van der Waals surface area contributed by atoms with E-state index in [1.165, 1.54) is 38.4 Å². The van der Waals surface area contributed by atoms with Crippen molar-refractivity contribution >= 4 is 60.9 Å². The van der Waals surface area contributed by atoms with Gasteiger partial charge in [-0.2, -0.15) is 0 Å². The van der Waals surface area contributed by atoms with Gasteiger partial charge < -0.3 is 9.97 Å². The maximum atomic E-state index is 5.58. The van der Waals surface area contributed by atoms with Crippen LogP contribution in [0, 0.1) is 0 Å². The van der Waals surface area contributed by atoms with E-state index < -0.39 is 0 Å². The van der Waals surface area contributed by atoms with Gasteiger partial charge in [-0.3, -0.25) is 4.90 Å². The lowest BCUT2D eigenvalue weighted by molar-refractivity contribution is 0.590. The number of rotatable bonds is 4. The number of para-hydroxylation sites is 3. The predicted octanol–water partition coefficient (Wildman–Crippen LogP) is 12.4. The SMILES string of the molecule is CC(C)(C)c1ccc2[nH]c3c(-n4nc(N(c5ccccc5)c5ccc6c(n5)-c5[nH]c7ccccc7c5CC6)c5ccccc54)cc(C(C)(C)C)cc3c2c1. The number of H-pyrrole nitrogens is 2. The van der Waals surface area contributed by atoms with Gasteiger partial charge in [0.05, 0.1) is 28.1 Å². The Hall–Kier alpha value is -6.14. The van der Waals surface area contributed by atoms with Gasteiger partial charge in [0.1, 0.15) is 5.82 Å². The largest absolute Gasteiger partial charge is 0.353 e. The summed E-state index contributed by atoms with van der Waals surface area (Å²) in [6, 6.07) is 43.7. The maximum absolute atomic E-state index is 5.58. The average molecular weight is 705 g/mol. The fourth-order valence-electron chi connectivity index (χ4n) is 8.33. The lowest BCUT2D eigenvalue weighted by Gasteiger charge is -2.24. The second-order valence-electron chi connectivity index (χ2n) is 16.9. The molecule has 1 aliphatic rings. The highest BCUT2D eigenvalue weighted by atomic mass is 15.4. The first kappa shape index (κ1) is 32.5. The second-order valence-corrected chi connectivity index (χ2v) is 16.9. The molecular formula is C48H44N6. The quantitative estimate of drug-likeness (QED) is 0.192. The van der Waals surface area contributed by atoms with Crippen LogP contribution in [0.2, 0.25) is 0 Å². The number of hydrogen-bond acceptors (Lipinski definition) is 3. The molecule has 0 saturated heterocycles. The van der Waals surface area contributed by atoms with Crippen molar-refractivity contribution in [2.45, 2.75) is 65.2 Å². The summed E-state index contributed by atoms with van der Waals surface area (Å²) in [5.41, 5.74) is 13.7. The van der Waals surface area contributed by atoms with Crippen molar-refractivity contribution in [3.05, 3.63) is 144 Å². The Morgan fingerprint density at radius 3 is 2.11 bits per heavy atom. The maximum Gasteiger partial charge on any atom is 0.169 e. The molecule has 10 rings (SSSR count). The van der Waals surface area contributed by atoms with Crippen molar-refractivity contribution in [3.63, 3.8) is 0 Å². The van der Waals surface area contributed by atoms with Crippen LogP contribution in [0.15, 0.2) is 121 Å². The fraction of sp³-hybridized carbons (Fsp3) is 0.208. The minimum Gasteiger partial charge on any atom is -0.353 e. The Balaban J connectivity index is 1.22. The molecule has 0 atom stereocenters. The molecule has 6 heteroatoms. The second kappa shape index (κ2) is 11.7. The summed E-state index contributed by atoms with van der Waals surface area (Å²) in [5, 5.41) is 10.4. The highest BCUT2D eigenvalue weighted by molar-refractivity contribution is 6.11. The van der Waals surface area contributed by atoms with Crippen LogP contribution in [0.4, 0.5) is 17.3 Å². The van der Waals surface area contributed by atoms with E-state index in [-0.39, 0.29) is 10.8 Å². The molecule has 4 heterocycles. The van der Waals surface area contributed by atoms with E-state index in [1.54, 1.807) is 0 Å². The van der Waals surface area contributed by atoms with Gasteiger partial charge in [0.15, 0.2) is 5.82 Å². The molecule has 5 aromatic carbocycles. The molecule has 0 bridgehead atoms. The van der Waals surface area contributed by atoms with Gasteiger partial charge in [0.25, 0.3) is 0 Å². The average Bonchev–Trinajstić information content (AvgIpc) is 3.86. The third-order valence-electron chi connectivity index (χ3n) is 11.3. The third-order valence-corrected chi connectivity index (χ3v) is 11.3.